The van der Waals surface area contributed by atoms with E-state index in [2.05, 4.69) is 26.6 Å². The van der Waals surface area contributed by atoms with Gasteiger partial charge in [0.05, 0.1) is 18.0 Å². The Morgan fingerprint density at radius 1 is 1.27 bits per heavy atom. The number of aryl methyl sites for hydroxylation is 1. The standard InChI is InChI=1S/C18H22N4/c19-13-16-5-1-2-6-17(16)14-22-10-4-3-7-18(22)8-11-21-12-9-20-15-21/h1-2,5-6,9,12,15,18H,3-4,7-8,10-11,14H2/t18-/m0/s1. The highest BCUT2D eigenvalue weighted by Crippen LogP contribution is 2.23. The van der Waals surface area contributed by atoms with Crippen LogP contribution in [-0.4, -0.2) is 27.0 Å². The molecule has 2 aromatic rings. The Balaban J connectivity index is 1.66. The fourth-order valence-corrected chi connectivity index (χ4v) is 3.30. The smallest absolute Gasteiger partial charge is 0.0995 e. The summed E-state index contributed by atoms with van der Waals surface area (Å²) in [5, 5.41) is 9.26. The fourth-order valence-electron chi connectivity index (χ4n) is 3.30. The van der Waals surface area contributed by atoms with Crippen molar-refractivity contribution in [1.82, 2.24) is 14.5 Å². The van der Waals surface area contributed by atoms with Gasteiger partial charge in [-0.3, -0.25) is 4.90 Å². The van der Waals surface area contributed by atoms with Gasteiger partial charge in [-0.15, -0.1) is 0 Å². The minimum Gasteiger partial charge on any atom is -0.337 e. The highest BCUT2D eigenvalue weighted by molar-refractivity contribution is 5.37. The maximum Gasteiger partial charge on any atom is 0.0995 e. The van der Waals surface area contributed by atoms with Gasteiger partial charge in [-0.05, 0) is 37.4 Å². The van der Waals surface area contributed by atoms with Gasteiger partial charge in [-0.25, -0.2) is 4.98 Å². The van der Waals surface area contributed by atoms with Crippen LogP contribution in [0.25, 0.3) is 0 Å². The maximum absolute atomic E-state index is 9.26. The fraction of sp³-hybridized carbons (Fsp3) is 0.444. The van der Waals surface area contributed by atoms with Crippen LogP contribution in [0, 0.1) is 11.3 Å². The molecule has 0 radical (unpaired) electrons. The molecule has 22 heavy (non-hydrogen) atoms. The van der Waals surface area contributed by atoms with Crippen molar-refractivity contribution in [2.24, 2.45) is 0 Å². The maximum atomic E-state index is 9.26. The predicted molar refractivity (Wildman–Crippen MR) is 86.1 cm³/mol. The molecule has 0 amide bonds. The lowest BCUT2D eigenvalue weighted by molar-refractivity contribution is 0.128. The third kappa shape index (κ3) is 3.55. The summed E-state index contributed by atoms with van der Waals surface area (Å²) in [6.45, 7) is 3.04. The molecule has 0 bridgehead atoms. The average molecular weight is 294 g/mol. The Labute approximate surface area is 132 Å². The van der Waals surface area contributed by atoms with E-state index in [9.17, 15) is 5.26 Å². The van der Waals surface area contributed by atoms with Gasteiger partial charge in [-0.1, -0.05) is 24.6 Å². The second-order valence-corrected chi connectivity index (χ2v) is 5.98. The first-order valence-corrected chi connectivity index (χ1v) is 8.04. The van der Waals surface area contributed by atoms with E-state index in [1.807, 2.05) is 36.9 Å². The van der Waals surface area contributed by atoms with E-state index < -0.39 is 0 Å². The molecule has 3 rings (SSSR count). The zero-order chi connectivity index (χ0) is 15.2. The molecule has 2 heterocycles. The van der Waals surface area contributed by atoms with Crippen LogP contribution in [0.2, 0.25) is 0 Å². The highest BCUT2D eigenvalue weighted by Gasteiger charge is 2.22. The summed E-state index contributed by atoms with van der Waals surface area (Å²) in [5.41, 5.74) is 1.96. The zero-order valence-corrected chi connectivity index (χ0v) is 12.9. The van der Waals surface area contributed by atoms with Crippen LogP contribution in [0.15, 0.2) is 43.0 Å². The van der Waals surface area contributed by atoms with Crippen LogP contribution < -0.4 is 0 Å². The summed E-state index contributed by atoms with van der Waals surface area (Å²) < 4.78 is 2.15. The van der Waals surface area contributed by atoms with Gasteiger partial charge < -0.3 is 4.57 Å². The molecule has 1 aliphatic heterocycles. The molecule has 1 aromatic heterocycles. The number of hydrogen-bond donors (Lipinski definition) is 0. The van der Waals surface area contributed by atoms with Crippen LogP contribution in [0.4, 0.5) is 0 Å². The minimum absolute atomic E-state index is 0.600. The Morgan fingerprint density at radius 2 is 2.18 bits per heavy atom. The molecular weight excluding hydrogens is 272 g/mol. The lowest BCUT2D eigenvalue weighted by atomic mass is 9.97. The molecular formula is C18H22N4. The molecule has 0 spiro atoms. The summed E-state index contributed by atoms with van der Waals surface area (Å²) in [6.07, 6.45) is 10.7. The Kier molecular flexibility index (Phi) is 4.87. The largest absolute Gasteiger partial charge is 0.337 e. The molecule has 4 heteroatoms. The van der Waals surface area contributed by atoms with Crippen LogP contribution in [0.5, 0.6) is 0 Å². The van der Waals surface area contributed by atoms with E-state index in [1.54, 1.807) is 0 Å². The Morgan fingerprint density at radius 3 is 3.00 bits per heavy atom. The van der Waals surface area contributed by atoms with Crippen LogP contribution in [-0.2, 0) is 13.1 Å². The molecule has 0 unspecified atom stereocenters. The van der Waals surface area contributed by atoms with E-state index in [0.29, 0.717) is 6.04 Å². The van der Waals surface area contributed by atoms with Crippen LogP contribution in [0.3, 0.4) is 0 Å². The van der Waals surface area contributed by atoms with Gasteiger partial charge in [-0.2, -0.15) is 5.26 Å². The lowest BCUT2D eigenvalue weighted by Gasteiger charge is -2.36. The number of likely N-dealkylation sites (tertiary alicyclic amines) is 1. The van der Waals surface area contributed by atoms with E-state index in [-0.39, 0.29) is 0 Å². The number of rotatable bonds is 5. The SMILES string of the molecule is N#Cc1ccccc1CN1CCCC[C@H]1CCn1ccnc1. The second-order valence-electron chi connectivity index (χ2n) is 5.98. The average Bonchev–Trinajstić information content (AvgIpc) is 3.08. The Hall–Kier alpha value is -2.12. The topological polar surface area (TPSA) is 44.9 Å². The first kappa shape index (κ1) is 14.8. The van der Waals surface area contributed by atoms with Gasteiger partial charge >= 0.3 is 0 Å². The highest BCUT2D eigenvalue weighted by atomic mass is 15.2. The van der Waals surface area contributed by atoms with E-state index in [4.69, 9.17) is 0 Å². The minimum atomic E-state index is 0.600. The van der Waals surface area contributed by atoms with Crippen molar-refractivity contribution in [3.8, 4) is 6.07 Å². The van der Waals surface area contributed by atoms with Crippen molar-refractivity contribution >= 4 is 0 Å². The van der Waals surface area contributed by atoms with Gasteiger partial charge in [0, 0.05) is 31.5 Å². The number of piperidine rings is 1. The van der Waals surface area contributed by atoms with Crippen LogP contribution >= 0.6 is 0 Å². The first-order valence-electron chi connectivity index (χ1n) is 8.04. The van der Waals surface area contributed by atoms with Gasteiger partial charge in [0.25, 0.3) is 0 Å². The molecule has 0 N–H and O–H groups in total. The van der Waals surface area contributed by atoms with Crippen molar-refractivity contribution in [3.05, 3.63) is 54.1 Å². The van der Waals surface area contributed by atoms with Crippen LogP contribution in [0.1, 0.15) is 36.8 Å². The molecule has 0 aliphatic carbocycles. The van der Waals surface area contributed by atoms with Gasteiger partial charge in [0.2, 0.25) is 0 Å². The molecule has 1 aromatic carbocycles. The summed E-state index contributed by atoms with van der Waals surface area (Å²) in [5.74, 6) is 0. The number of benzene rings is 1. The quantitative estimate of drug-likeness (QED) is 0.850. The molecule has 1 atom stereocenters. The van der Waals surface area contributed by atoms with Crippen molar-refractivity contribution in [3.63, 3.8) is 0 Å². The molecule has 0 saturated carbocycles. The summed E-state index contributed by atoms with van der Waals surface area (Å²) in [6, 6.07) is 10.9. The second kappa shape index (κ2) is 7.24. The summed E-state index contributed by atoms with van der Waals surface area (Å²) in [7, 11) is 0. The summed E-state index contributed by atoms with van der Waals surface area (Å²) >= 11 is 0. The number of nitrogens with zero attached hydrogens (tertiary/aromatic N) is 4. The molecule has 1 aliphatic rings. The molecule has 1 fully saturated rings. The third-order valence-electron chi connectivity index (χ3n) is 4.54. The summed E-state index contributed by atoms with van der Waals surface area (Å²) in [4.78, 5) is 6.66. The van der Waals surface area contributed by atoms with Gasteiger partial charge in [0.1, 0.15) is 0 Å². The van der Waals surface area contributed by atoms with Crippen molar-refractivity contribution in [2.75, 3.05) is 6.54 Å². The lowest BCUT2D eigenvalue weighted by Crippen LogP contribution is -2.39. The molecule has 4 nitrogen and oxygen atoms in total. The van der Waals surface area contributed by atoms with Crippen molar-refractivity contribution < 1.29 is 0 Å². The normalized spacial score (nSPS) is 19.0. The number of aromatic nitrogens is 2. The number of nitriles is 1. The van der Waals surface area contributed by atoms with Crippen molar-refractivity contribution in [2.45, 2.75) is 44.8 Å². The van der Waals surface area contributed by atoms with E-state index in [1.165, 1.54) is 19.3 Å². The monoisotopic (exact) mass is 294 g/mol. The zero-order valence-electron chi connectivity index (χ0n) is 12.9. The van der Waals surface area contributed by atoms with Crippen molar-refractivity contribution in [1.29, 1.82) is 5.26 Å². The Bertz CT molecular complexity index is 627. The predicted octanol–water partition coefficient (Wildman–Crippen LogP) is 3.20. The van der Waals surface area contributed by atoms with E-state index >= 15 is 0 Å². The molecule has 114 valence electrons. The first-order chi connectivity index (χ1) is 10.9. The number of hydrogen-bond acceptors (Lipinski definition) is 3. The van der Waals surface area contributed by atoms with Gasteiger partial charge in [0.15, 0.2) is 0 Å². The molecule has 1 saturated heterocycles. The third-order valence-corrected chi connectivity index (χ3v) is 4.54. The number of imidazole rings is 1. The van der Waals surface area contributed by atoms with E-state index in [0.717, 1.165) is 37.2 Å².